The van der Waals surface area contributed by atoms with E-state index in [-0.39, 0.29) is 18.1 Å². The van der Waals surface area contributed by atoms with Crippen molar-refractivity contribution < 1.29 is 15.3 Å². The van der Waals surface area contributed by atoms with Gasteiger partial charge in [-0.3, -0.25) is 0 Å². The van der Waals surface area contributed by atoms with E-state index in [1.807, 2.05) is 6.07 Å². The van der Waals surface area contributed by atoms with Crippen molar-refractivity contribution in [3.63, 3.8) is 0 Å². The molecule has 0 saturated heterocycles. The molecule has 1 aromatic rings. The molecule has 0 aliphatic heterocycles. The number of hydrogen-bond acceptors (Lipinski definition) is 2. The van der Waals surface area contributed by atoms with E-state index in [0.717, 1.165) is 37.7 Å². The molecule has 0 unspecified atom stereocenters. The lowest BCUT2D eigenvalue weighted by Crippen LogP contribution is -1.88. The third-order valence-electron chi connectivity index (χ3n) is 2.44. The minimum Gasteiger partial charge on any atom is -0.504 e. The van der Waals surface area contributed by atoms with Crippen LogP contribution in [0.3, 0.4) is 0 Å². The molecule has 0 aliphatic rings. The predicted molar refractivity (Wildman–Crippen MR) is 57.5 cm³/mol. The normalized spacial score (nSPS) is 10.5. The lowest BCUT2D eigenvalue weighted by atomic mass is 10.0. The summed E-state index contributed by atoms with van der Waals surface area (Å²) in [6.45, 7) is -0.00260. The van der Waals surface area contributed by atoms with Gasteiger partial charge in [-0.25, -0.2) is 5.11 Å². The molecule has 1 rings (SSSR count). The Balaban J connectivity index is 2.34. The van der Waals surface area contributed by atoms with Crippen LogP contribution in [0.5, 0.6) is 11.5 Å². The second kappa shape index (κ2) is 6.30. The monoisotopic (exact) mass is 209 g/mol. The van der Waals surface area contributed by atoms with Crippen LogP contribution in [0.4, 0.5) is 0 Å². The van der Waals surface area contributed by atoms with Crippen LogP contribution in [-0.2, 0) is 11.5 Å². The van der Waals surface area contributed by atoms with Gasteiger partial charge in [0.25, 0.3) is 0 Å². The third-order valence-corrected chi connectivity index (χ3v) is 2.44. The van der Waals surface area contributed by atoms with E-state index in [0.29, 0.717) is 0 Å². The molecule has 0 aliphatic carbocycles. The van der Waals surface area contributed by atoms with Gasteiger partial charge in [-0.15, -0.1) is 0 Å². The van der Waals surface area contributed by atoms with Crippen molar-refractivity contribution in [2.75, 3.05) is 6.61 Å². The summed E-state index contributed by atoms with van der Waals surface area (Å²) in [5.41, 5.74) is 0.775. The quantitative estimate of drug-likeness (QED) is 0.559. The third kappa shape index (κ3) is 3.80. The van der Waals surface area contributed by atoms with Crippen LogP contribution in [0.2, 0.25) is 0 Å². The first-order valence-corrected chi connectivity index (χ1v) is 5.33. The Hall–Kier alpha value is -1.22. The number of para-hydroxylation sites is 1. The molecule has 83 valence electrons. The summed E-state index contributed by atoms with van der Waals surface area (Å²) in [7, 11) is 0. The summed E-state index contributed by atoms with van der Waals surface area (Å²) >= 11 is 0. The van der Waals surface area contributed by atoms with Gasteiger partial charge in [-0.1, -0.05) is 25.0 Å². The van der Waals surface area contributed by atoms with E-state index in [1.54, 1.807) is 6.07 Å². The summed E-state index contributed by atoms with van der Waals surface area (Å²) in [5, 5.41) is 28.9. The van der Waals surface area contributed by atoms with Crippen LogP contribution in [0.15, 0.2) is 18.2 Å². The van der Waals surface area contributed by atoms with E-state index in [9.17, 15) is 15.3 Å². The first-order valence-electron chi connectivity index (χ1n) is 5.33. The lowest BCUT2D eigenvalue weighted by Gasteiger charge is -2.05. The van der Waals surface area contributed by atoms with Crippen molar-refractivity contribution in [3.05, 3.63) is 23.8 Å². The Morgan fingerprint density at radius 2 is 1.73 bits per heavy atom. The van der Waals surface area contributed by atoms with E-state index in [4.69, 9.17) is 0 Å². The van der Waals surface area contributed by atoms with E-state index in [2.05, 4.69) is 0 Å². The molecular weight excluding hydrogens is 192 g/mol. The van der Waals surface area contributed by atoms with Crippen LogP contribution in [0.25, 0.3) is 0 Å². The zero-order valence-corrected chi connectivity index (χ0v) is 8.78. The smallest absolute Gasteiger partial charge is 0.160 e. The van der Waals surface area contributed by atoms with Crippen molar-refractivity contribution in [3.8, 4) is 11.5 Å². The molecule has 1 radical (unpaired) electrons. The summed E-state index contributed by atoms with van der Waals surface area (Å²) in [4.78, 5) is 0. The molecule has 0 aromatic heterocycles. The molecule has 1 aromatic carbocycles. The van der Waals surface area contributed by atoms with Gasteiger partial charge in [0.1, 0.15) is 0 Å². The average molecular weight is 209 g/mol. The van der Waals surface area contributed by atoms with E-state index < -0.39 is 0 Å². The fourth-order valence-electron chi connectivity index (χ4n) is 1.55. The van der Waals surface area contributed by atoms with Gasteiger partial charge >= 0.3 is 0 Å². The van der Waals surface area contributed by atoms with E-state index in [1.165, 1.54) is 6.07 Å². The zero-order chi connectivity index (χ0) is 11.1. The second-order valence-electron chi connectivity index (χ2n) is 3.65. The van der Waals surface area contributed by atoms with Crippen molar-refractivity contribution in [2.45, 2.75) is 32.1 Å². The summed E-state index contributed by atoms with van der Waals surface area (Å²) in [6, 6.07) is 5.00. The highest BCUT2D eigenvalue weighted by molar-refractivity contribution is 5.44. The molecule has 2 N–H and O–H groups in total. The van der Waals surface area contributed by atoms with Gasteiger partial charge in [-0.2, -0.15) is 0 Å². The maximum absolute atomic E-state index is 10.2. The number of hydrogen-bond donors (Lipinski definition) is 2. The second-order valence-corrected chi connectivity index (χ2v) is 3.65. The summed E-state index contributed by atoms with van der Waals surface area (Å²) in [5.74, 6) is -0.0756. The highest BCUT2D eigenvalue weighted by atomic mass is 16.3. The number of benzene rings is 1. The van der Waals surface area contributed by atoms with Crippen molar-refractivity contribution >= 4 is 0 Å². The van der Waals surface area contributed by atoms with Crippen LogP contribution in [0, 0.1) is 0 Å². The molecule has 0 atom stereocenters. The van der Waals surface area contributed by atoms with Gasteiger partial charge in [0.2, 0.25) is 0 Å². The average Bonchev–Trinajstić information content (AvgIpc) is 2.24. The fraction of sp³-hybridized carbons (Fsp3) is 0.500. The zero-order valence-electron chi connectivity index (χ0n) is 8.78. The van der Waals surface area contributed by atoms with Crippen LogP contribution in [0.1, 0.15) is 31.2 Å². The summed E-state index contributed by atoms with van der Waals surface area (Å²) < 4.78 is 0. The van der Waals surface area contributed by atoms with Gasteiger partial charge in [-0.05, 0) is 30.9 Å². The van der Waals surface area contributed by atoms with Crippen LogP contribution < -0.4 is 0 Å². The molecule has 0 fully saturated rings. The van der Waals surface area contributed by atoms with Gasteiger partial charge in [0.05, 0.1) is 6.61 Å². The maximum atomic E-state index is 10.2. The van der Waals surface area contributed by atoms with Crippen molar-refractivity contribution in [1.82, 2.24) is 0 Å². The van der Waals surface area contributed by atoms with Gasteiger partial charge < -0.3 is 10.2 Å². The first-order chi connectivity index (χ1) is 7.25. The fourth-order valence-corrected chi connectivity index (χ4v) is 1.55. The summed E-state index contributed by atoms with van der Waals surface area (Å²) in [6.07, 6.45) is 4.36. The molecular formula is C12H17O3. The molecule has 0 bridgehead atoms. The number of phenolic OH excluding ortho intramolecular Hbond substituents is 2. The molecule has 0 spiro atoms. The number of phenols is 2. The highest BCUT2D eigenvalue weighted by Gasteiger charge is 2.04. The molecule has 3 heteroatoms. The number of unbranched alkanes of at least 4 members (excludes halogenated alkanes) is 3. The Morgan fingerprint density at radius 3 is 2.47 bits per heavy atom. The molecule has 0 amide bonds. The molecule has 0 heterocycles. The standard InChI is InChI=1S/C12H17O3/c13-9-4-2-1-3-6-10-7-5-8-11(14)12(10)15/h5,7-8,14-15H,1-4,6,9H2. The maximum Gasteiger partial charge on any atom is 0.160 e. The number of aryl methyl sites for hydroxylation is 1. The topological polar surface area (TPSA) is 60.4 Å². The first kappa shape index (κ1) is 11.9. The molecule has 15 heavy (non-hydrogen) atoms. The SMILES string of the molecule is [O]CCCCCCc1cccc(O)c1O. The van der Waals surface area contributed by atoms with Gasteiger partial charge in [0.15, 0.2) is 11.5 Å². The van der Waals surface area contributed by atoms with Crippen molar-refractivity contribution in [2.24, 2.45) is 0 Å². The van der Waals surface area contributed by atoms with Crippen LogP contribution in [-0.4, -0.2) is 16.8 Å². The van der Waals surface area contributed by atoms with Crippen LogP contribution >= 0.6 is 0 Å². The number of rotatable bonds is 6. The Bertz CT molecular complexity index is 297. The predicted octanol–water partition coefficient (Wildman–Crippen LogP) is 2.63. The number of aromatic hydroxyl groups is 2. The largest absolute Gasteiger partial charge is 0.504 e. The lowest BCUT2D eigenvalue weighted by molar-refractivity contribution is 0.186. The molecule has 0 saturated carbocycles. The Morgan fingerprint density at radius 1 is 1.00 bits per heavy atom. The molecule has 3 nitrogen and oxygen atoms in total. The highest BCUT2D eigenvalue weighted by Crippen LogP contribution is 2.29. The van der Waals surface area contributed by atoms with Crippen molar-refractivity contribution in [1.29, 1.82) is 0 Å². The Labute approximate surface area is 90.0 Å². The van der Waals surface area contributed by atoms with Gasteiger partial charge in [0, 0.05) is 0 Å². The van der Waals surface area contributed by atoms with E-state index >= 15 is 0 Å². The minimum absolute atomic E-state index is 0.00260. The minimum atomic E-state index is -0.0629. The Kier molecular flexibility index (Phi) is 4.98.